The lowest BCUT2D eigenvalue weighted by Crippen LogP contribution is -2.39. The number of hydrogen-bond donors (Lipinski definition) is 1. The highest BCUT2D eigenvalue weighted by atomic mass is 16.3. The van der Waals surface area contributed by atoms with E-state index >= 15 is 0 Å². The first-order valence-electron chi connectivity index (χ1n) is 2.82. The fourth-order valence-electron chi connectivity index (χ4n) is 1.44. The first-order valence-corrected chi connectivity index (χ1v) is 2.82. The Bertz CT molecular complexity index is 68.2. The molecule has 1 rings (SSSR count). The van der Waals surface area contributed by atoms with E-state index < -0.39 is 0 Å². The molecule has 7 heavy (non-hydrogen) atoms. The first-order chi connectivity index (χ1) is 3.10. The monoisotopic (exact) mass is 100 g/mol. The Hall–Kier alpha value is -0.0400. The second-order valence-corrected chi connectivity index (χ2v) is 3.01. The molecule has 0 aliphatic heterocycles. The minimum atomic E-state index is -0.306. The van der Waals surface area contributed by atoms with Crippen LogP contribution in [0, 0.1) is 5.92 Å². The summed E-state index contributed by atoms with van der Waals surface area (Å²) in [5.41, 5.74) is -0.306. The molecular formula is C6H12O. The van der Waals surface area contributed by atoms with Crippen LogP contribution < -0.4 is 0 Å². The summed E-state index contributed by atoms with van der Waals surface area (Å²) in [7, 11) is 0. The zero-order valence-electron chi connectivity index (χ0n) is 4.94. The van der Waals surface area contributed by atoms with E-state index in [4.69, 9.17) is 5.11 Å². The topological polar surface area (TPSA) is 20.2 Å². The number of aliphatic hydroxyl groups is 1. The van der Waals surface area contributed by atoms with Crippen molar-refractivity contribution in [1.82, 2.24) is 0 Å². The molecular weight excluding hydrogens is 88.1 g/mol. The highest BCUT2D eigenvalue weighted by Crippen LogP contribution is 2.36. The Balaban J connectivity index is 2.29. The van der Waals surface area contributed by atoms with E-state index in [0.29, 0.717) is 0 Å². The van der Waals surface area contributed by atoms with Crippen molar-refractivity contribution in [2.45, 2.75) is 32.3 Å². The second-order valence-electron chi connectivity index (χ2n) is 3.01. The van der Waals surface area contributed by atoms with Gasteiger partial charge in [0.05, 0.1) is 5.60 Å². The third-order valence-electron chi connectivity index (χ3n) is 1.58. The summed E-state index contributed by atoms with van der Waals surface area (Å²) in [6, 6.07) is 0. The van der Waals surface area contributed by atoms with Gasteiger partial charge in [0.25, 0.3) is 0 Å². The Morgan fingerprint density at radius 2 is 2.00 bits per heavy atom. The van der Waals surface area contributed by atoms with Crippen LogP contribution in [0.2, 0.25) is 0 Å². The molecule has 1 fully saturated rings. The molecule has 42 valence electrons. The number of hydrogen-bond acceptors (Lipinski definition) is 1. The quantitative estimate of drug-likeness (QED) is 0.484. The van der Waals surface area contributed by atoms with E-state index in [0.717, 1.165) is 18.8 Å². The standard InChI is InChI=1S/C6H12O/c1-5-3-6(2,7)4-5/h5,7H,3-4H2,1-2H3/t5-,6-. The van der Waals surface area contributed by atoms with Crippen molar-refractivity contribution in [1.29, 1.82) is 0 Å². The molecule has 0 atom stereocenters. The van der Waals surface area contributed by atoms with E-state index in [-0.39, 0.29) is 5.60 Å². The van der Waals surface area contributed by atoms with Gasteiger partial charge in [-0.1, -0.05) is 6.92 Å². The van der Waals surface area contributed by atoms with E-state index in [1.165, 1.54) is 0 Å². The van der Waals surface area contributed by atoms with Gasteiger partial charge in [-0.3, -0.25) is 0 Å². The predicted octanol–water partition coefficient (Wildman–Crippen LogP) is 1.17. The van der Waals surface area contributed by atoms with Crippen molar-refractivity contribution < 1.29 is 5.11 Å². The largest absolute Gasteiger partial charge is 0.390 e. The average molecular weight is 100 g/mol. The molecule has 0 amide bonds. The molecule has 0 radical (unpaired) electrons. The Kier molecular flexibility index (Phi) is 0.890. The van der Waals surface area contributed by atoms with Gasteiger partial charge in [0.2, 0.25) is 0 Å². The summed E-state index contributed by atoms with van der Waals surface area (Å²) in [4.78, 5) is 0. The molecule has 0 heterocycles. The fraction of sp³-hybridized carbons (Fsp3) is 1.00. The van der Waals surface area contributed by atoms with Gasteiger partial charge in [-0.05, 0) is 25.7 Å². The summed E-state index contributed by atoms with van der Waals surface area (Å²) in [5.74, 6) is 0.759. The van der Waals surface area contributed by atoms with Crippen molar-refractivity contribution in [2.75, 3.05) is 0 Å². The third-order valence-corrected chi connectivity index (χ3v) is 1.58. The minimum absolute atomic E-state index is 0.306. The van der Waals surface area contributed by atoms with E-state index in [9.17, 15) is 0 Å². The molecule has 1 saturated carbocycles. The van der Waals surface area contributed by atoms with Gasteiger partial charge in [0, 0.05) is 0 Å². The second kappa shape index (κ2) is 1.22. The molecule has 0 spiro atoms. The van der Waals surface area contributed by atoms with Crippen molar-refractivity contribution in [3.05, 3.63) is 0 Å². The molecule has 1 N–H and O–H groups in total. The summed E-state index contributed by atoms with van der Waals surface area (Å²) in [5, 5.41) is 9.08. The molecule has 0 unspecified atom stereocenters. The normalized spacial score (nSPS) is 51.0. The predicted molar refractivity (Wildman–Crippen MR) is 29.0 cm³/mol. The van der Waals surface area contributed by atoms with Gasteiger partial charge >= 0.3 is 0 Å². The summed E-state index contributed by atoms with van der Waals surface area (Å²) < 4.78 is 0. The molecule has 0 aromatic rings. The molecule has 0 saturated heterocycles. The van der Waals surface area contributed by atoms with E-state index in [1.54, 1.807) is 0 Å². The van der Waals surface area contributed by atoms with Crippen LogP contribution >= 0.6 is 0 Å². The zero-order valence-corrected chi connectivity index (χ0v) is 4.94. The summed E-state index contributed by atoms with van der Waals surface area (Å²) in [6.45, 7) is 4.06. The van der Waals surface area contributed by atoms with Crippen molar-refractivity contribution in [2.24, 2.45) is 5.92 Å². The highest BCUT2D eigenvalue weighted by molar-refractivity contribution is 4.87. The maximum absolute atomic E-state index is 9.08. The molecule has 1 aliphatic rings. The van der Waals surface area contributed by atoms with Crippen LogP contribution in [0.15, 0.2) is 0 Å². The fourth-order valence-corrected chi connectivity index (χ4v) is 1.44. The molecule has 0 aromatic carbocycles. The smallest absolute Gasteiger partial charge is 0.0624 e. The van der Waals surface area contributed by atoms with Gasteiger partial charge in [0.1, 0.15) is 0 Å². The van der Waals surface area contributed by atoms with Crippen LogP contribution in [0.5, 0.6) is 0 Å². The van der Waals surface area contributed by atoms with Crippen LogP contribution in [-0.4, -0.2) is 10.7 Å². The maximum atomic E-state index is 9.08. The zero-order chi connectivity index (χ0) is 5.49. The van der Waals surface area contributed by atoms with Crippen molar-refractivity contribution >= 4 is 0 Å². The first kappa shape index (κ1) is 5.10. The Labute approximate surface area is 44.4 Å². The average Bonchev–Trinajstić information content (AvgIpc) is 1.27. The van der Waals surface area contributed by atoms with E-state index in [2.05, 4.69) is 6.92 Å². The SMILES string of the molecule is C[C@H]1C[C@](C)(O)C1. The van der Waals surface area contributed by atoms with Crippen molar-refractivity contribution in [3.63, 3.8) is 0 Å². The maximum Gasteiger partial charge on any atom is 0.0624 e. The summed E-state index contributed by atoms with van der Waals surface area (Å²) in [6.07, 6.45) is 1.99. The van der Waals surface area contributed by atoms with Crippen LogP contribution in [0.4, 0.5) is 0 Å². The number of rotatable bonds is 0. The highest BCUT2D eigenvalue weighted by Gasteiger charge is 2.34. The van der Waals surface area contributed by atoms with Crippen LogP contribution in [-0.2, 0) is 0 Å². The Morgan fingerprint density at radius 1 is 1.57 bits per heavy atom. The minimum Gasteiger partial charge on any atom is -0.390 e. The Morgan fingerprint density at radius 3 is 2.00 bits per heavy atom. The third kappa shape index (κ3) is 0.942. The molecule has 0 aromatic heterocycles. The molecule has 1 nitrogen and oxygen atoms in total. The molecule has 0 bridgehead atoms. The van der Waals surface area contributed by atoms with Gasteiger partial charge in [-0.2, -0.15) is 0 Å². The van der Waals surface area contributed by atoms with Gasteiger partial charge in [0.15, 0.2) is 0 Å². The van der Waals surface area contributed by atoms with Gasteiger partial charge in [-0.15, -0.1) is 0 Å². The van der Waals surface area contributed by atoms with Gasteiger partial charge in [-0.25, -0.2) is 0 Å². The van der Waals surface area contributed by atoms with Crippen molar-refractivity contribution in [3.8, 4) is 0 Å². The van der Waals surface area contributed by atoms with E-state index in [1.807, 2.05) is 6.92 Å². The van der Waals surface area contributed by atoms with Gasteiger partial charge < -0.3 is 5.11 Å². The van der Waals surface area contributed by atoms with Crippen LogP contribution in [0.1, 0.15) is 26.7 Å². The molecule has 1 heteroatoms. The lowest BCUT2D eigenvalue weighted by Gasteiger charge is -2.38. The lowest BCUT2D eigenvalue weighted by atomic mass is 9.73. The lowest BCUT2D eigenvalue weighted by molar-refractivity contribution is -0.0506. The summed E-state index contributed by atoms with van der Waals surface area (Å²) >= 11 is 0. The van der Waals surface area contributed by atoms with Crippen LogP contribution in [0.3, 0.4) is 0 Å². The molecule has 1 aliphatic carbocycles. The van der Waals surface area contributed by atoms with Crippen LogP contribution in [0.25, 0.3) is 0 Å².